The number of alkyl halides is 2. The Labute approximate surface area is 122 Å². The van der Waals surface area contributed by atoms with Crippen LogP contribution in [0, 0.1) is 0 Å². The predicted octanol–water partition coefficient (Wildman–Crippen LogP) is 1.52. The SMILES string of the molecule is C[C@@H]1CNCCN1CC(=O)Nc1ccccc1OC(F)F. The largest absolute Gasteiger partial charge is 0.433 e. The van der Waals surface area contributed by atoms with E-state index >= 15 is 0 Å². The molecule has 21 heavy (non-hydrogen) atoms. The molecule has 0 aromatic heterocycles. The number of nitrogens with one attached hydrogen (secondary N) is 2. The van der Waals surface area contributed by atoms with Gasteiger partial charge in [0.15, 0.2) is 0 Å². The fraction of sp³-hybridized carbons (Fsp3) is 0.500. The number of hydrogen-bond acceptors (Lipinski definition) is 4. The number of benzene rings is 1. The average Bonchev–Trinajstić information content (AvgIpc) is 2.43. The maximum absolute atomic E-state index is 12.3. The first-order valence-electron chi connectivity index (χ1n) is 6.84. The van der Waals surface area contributed by atoms with Crippen LogP contribution < -0.4 is 15.4 Å². The van der Waals surface area contributed by atoms with E-state index in [4.69, 9.17) is 0 Å². The van der Waals surface area contributed by atoms with E-state index in [1.54, 1.807) is 12.1 Å². The van der Waals surface area contributed by atoms with Gasteiger partial charge in [-0.2, -0.15) is 8.78 Å². The maximum Gasteiger partial charge on any atom is 0.387 e. The van der Waals surface area contributed by atoms with E-state index in [-0.39, 0.29) is 29.9 Å². The molecule has 5 nitrogen and oxygen atoms in total. The molecule has 116 valence electrons. The molecule has 1 aliphatic heterocycles. The number of piperazine rings is 1. The van der Waals surface area contributed by atoms with E-state index in [2.05, 4.69) is 15.4 Å². The highest BCUT2D eigenvalue weighted by molar-refractivity contribution is 5.93. The van der Waals surface area contributed by atoms with Crippen LogP contribution in [0.25, 0.3) is 0 Å². The van der Waals surface area contributed by atoms with Crippen LogP contribution in [0.1, 0.15) is 6.92 Å². The first-order valence-corrected chi connectivity index (χ1v) is 6.84. The van der Waals surface area contributed by atoms with Gasteiger partial charge < -0.3 is 15.4 Å². The van der Waals surface area contributed by atoms with Crippen LogP contribution in [0.3, 0.4) is 0 Å². The van der Waals surface area contributed by atoms with E-state index in [1.807, 2.05) is 11.8 Å². The van der Waals surface area contributed by atoms with Crippen LogP contribution in [0.5, 0.6) is 5.75 Å². The summed E-state index contributed by atoms with van der Waals surface area (Å²) in [7, 11) is 0. The van der Waals surface area contributed by atoms with Crippen LogP contribution in [0.15, 0.2) is 24.3 Å². The molecule has 0 unspecified atom stereocenters. The van der Waals surface area contributed by atoms with Gasteiger partial charge in [0.05, 0.1) is 12.2 Å². The first-order chi connectivity index (χ1) is 10.1. The van der Waals surface area contributed by atoms with Gasteiger partial charge in [0.1, 0.15) is 5.75 Å². The molecule has 0 spiro atoms. The Kier molecular flexibility index (Phi) is 5.46. The summed E-state index contributed by atoms with van der Waals surface area (Å²) in [6.07, 6.45) is 0. The molecule has 1 saturated heterocycles. The Balaban J connectivity index is 1.96. The molecule has 0 aliphatic carbocycles. The molecule has 1 heterocycles. The summed E-state index contributed by atoms with van der Waals surface area (Å²) in [6.45, 7) is 1.79. The highest BCUT2D eigenvalue weighted by Gasteiger charge is 2.21. The minimum atomic E-state index is -2.92. The van der Waals surface area contributed by atoms with Gasteiger partial charge >= 0.3 is 6.61 Å². The molecule has 1 aromatic rings. The molecule has 1 atom stereocenters. The molecule has 2 rings (SSSR count). The molecule has 0 bridgehead atoms. The minimum Gasteiger partial charge on any atom is -0.433 e. The molecule has 0 saturated carbocycles. The van der Waals surface area contributed by atoms with Crippen LogP contribution in [0.2, 0.25) is 0 Å². The van der Waals surface area contributed by atoms with Crippen molar-refractivity contribution in [1.82, 2.24) is 10.2 Å². The third kappa shape index (κ3) is 4.64. The molecular formula is C14H19F2N3O2. The molecule has 7 heteroatoms. The number of ether oxygens (including phenoxy) is 1. The molecule has 0 radical (unpaired) electrons. The number of amides is 1. The van der Waals surface area contributed by atoms with E-state index in [9.17, 15) is 13.6 Å². The second-order valence-electron chi connectivity index (χ2n) is 4.95. The summed E-state index contributed by atoms with van der Waals surface area (Å²) in [5.41, 5.74) is 0.255. The highest BCUT2D eigenvalue weighted by Crippen LogP contribution is 2.25. The van der Waals surface area contributed by atoms with Crippen molar-refractivity contribution >= 4 is 11.6 Å². The fourth-order valence-corrected chi connectivity index (χ4v) is 2.26. The summed E-state index contributed by atoms with van der Waals surface area (Å²) < 4.78 is 29.0. The Bertz CT molecular complexity index is 485. The van der Waals surface area contributed by atoms with Crippen LogP contribution in [-0.2, 0) is 4.79 Å². The standard InChI is InChI=1S/C14H19F2N3O2/c1-10-8-17-6-7-19(10)9-13(20)18-11-4-2-3-5-12(11)21-14(15)16/h2-5,10,14,17H,6-9H2,1H3,(H,18,20)/t10-/m1/s1. The van der Waals surface area contributed by atoms with Gasteiger partial charge in [-0.05, 0) is 19.1 Å². The fourth-order valence-electron chi connectivity index (χ4n) is 2.26. The van der Waals surface area contributed by atoms with Crippen molar-refractivity contribution in [2.24, 2.45) is 0 Å². The number of hydrogen-bond donors (Lipinski definition) is 2. The predicted molar refractivity (Wildman–Crippen MR) is 75.6 cm³/mol. The van der Waals surface area contributed by atoms with E-state index in [0.29, 0.717) is 0 Å². The molecule has 1 amide bonds. The Hall–Kier alpha value is -1.73. The molecule has 1 aromatic carbocycles. The van der Waals surface area contributed by atoms with Crippen molar-refractivity contribution in [3.05, 3.63) is 24.3 Å². The molecule has 1 aliphatic rings. The van der Waals surface area contributed by atoms with Gasteiger partial charge in [0.25, 0.3) is 0 Å². The zero-order valence-corrected chi connectivity index (χ0v) is 11.8. The lowest BCUT2D eigenvalue weighted by atomic mass is 10.2. The Morgan fingerprint density at radius 3 is 3.00 bits per heavy atom. The van der Waals surface area contributed by atoms with Crippen molar-refractivity contribution in [2.45, 2.75) is 19.6 Å². The van der Waals surface area contributed by atoms with Crippen LogP contribution >= 0.6 is 0 Å². The van der Waals surface area contributed by atoms with Crippen molar-refractivity contribution in [1.29, 1.82) is 0 Å². The number of rotatable bonds is 5. The van der Waals surface area contributed by atoms with Crippen molar-refractivity contribution in [3.63, 3.8) is 0 Å². The summed E-state index contributed by atoms with van der Waals surface area (Å²) >= 11 is 0. The molecule has 2 N–H and O–H groups in total. The Morgan fingerprint density at radius 1 is 1.52 bits per heavy atom. The van der Waals surface area contributed by atoms with E-state index in [0.717, 1.165) is 19.6 Å². The van der Waals surface area contributed by atoms with Gasteiger partial charge in [0, 0.05) is 25.7 Å². The van der Waals surface area contributed by atoms with Crippen LogP contribution in [-0.4, -0.2) is 49.6 Å². The minimum absolute atomic E-state index is 0.0331. The van der Waals surface area contributed by atoms with E-state index in [1.165, 1.54) is 12.1 Å². The second kappa shape index (κ2) is 7.33. The second-order valence-corrected chi connectivity index (χ2v) is 4.95. The lowest BCUT2D eigenvalue weighted by Crippen LogP contribution is -2.52. The monoisotopic (exact) mass is 299 g/mol. The number of anilines is 1. The van der Waals surface area contributed by atoms with Gasteiger partial charge in [-0.1, -0.05) is 12.1 Å². The first kappa shape index (κ1) is 15.7. The maximum atomic E-state index is 12.3. The number of halogens is 2. The van der Waals surface area contributed by atoms with Crippen LogP contribution in [0.4, 0.5) is 14.5 Å². The topological polar surface area (TPSA) is 53.6 Å². The zero-order chi connectivity index (χ0) is 15.2. The summed E-state index contributed by atoms with van der Waals surface area (Å²) in [5, 5.41) is 5.87. The van der Waals surface area contributed by atoms with Gasteiger partial charge in [0.2, 0.25) is 5.91 Å². The van der Waals surface area contributed by atoms with Crippen molar-refractivity contribution in [2.75, 3.05) is 31.5 Å². The van der Waals surface area contributed by atoms with Gasteiger partial charge in [-0.15, -0.1) is 0 Å². The van der Waals surface area contributed by atoms with Crippen molar-refractivity contribution < 1.29 is 18.3 Å². The normalized spacial score (nSPS) is 19.5. The smallest absolute Gasteiger partial charge is 0.387 e. The van der Waals surface area contributed by atoms with Gasteiger partial charge in [-0.3, -0.25) is 9.69 Å². The van der Waals surface area contributed by atoms with Gasteiger partial charge in [-0.25, -0.2) is 0 Å². The number of para-hydroxylation sites is 2. The quantitative estimate of drug-likeness (QED) is 0.865. The summed E-state index contributed by atoms with van der Waals surface area (Å²) in [4.78, 5) is 14.1. The summed E-state index contributed by atoms with van der Waals surface area (Å²) in [5.74, 6) is -0.275. The molecule has 1 fully saturated rings. The third-order valence-corrected chi connectivity index (χ3v) is 3.36. The lowest BCUT2D eigenvalue weighted by molar-refractivity contribution is -0.118. The Morgan fingerprint density at radius 2 is 2.29 bits per heavy atom. The van der Waals surface area contributed by atoms with E-state index < -0.39 is 6.61 Å². The summed E-state index contributed by atoms with van der Waals surface area (Å²) in [6, 6.07) is 6.43. The van der Waals surface area contributed by atoms with Crippen molar-refractivity contribution in [3.8, 4) is 5.75 Å². The average molecular weight is 299 g/mol. The third-order valence-electron chi connectivity index (χ3n) is 3.36. The highest BCUT2D eigenvalue weighted by atomic mass is 19.3. The number of nitrogens with zero attached hydrogens (tertiary/aromatic N) is 1. The molecular weight excluding hydrogens is 280 g/mol. The number of carbonyl (C=O) groups excluding carboxylic acids is 1. The number of carbonyl (C=O) groups is 1. The zero-order valence-electron chi connectivity index (χ0n) is 11.8. The lowest BCUT2D eigenvalue weighted by Gasteiger charge is -2.33.